The smallest absolute Gasteiger partial charge is 0.462 e. The van der Waals surface area contributed by atoms with Crippen molar-refractivity contribution < 1.29 is 63.1 Å². The fraction of sp³-hybridized carbons (Fsp3) is 0.900. The van der Waals surface area contributed by atoms with E-state index < -0.39 is 75.7 Å². The number of phosphoric acid groups is 1. The number of carbonyl (C=O) groups excluding carboxylic acids is 2. The number of ether oxygens (including phenoxy) is 2. The van der Waals surface area contributed by atoms with Gasteiger partial charge < -0.3 is 39.9 Å². The van der Waals surface area contributed by atoms with Crippen LogP contribution in [0.3, 0.4) is 0 Å². The first-order chi connectivity index (χ1) is 35.9. The summed E-state index contributed by atoms with van der Waals surface area (Å²) < 4.78 is 33.8. The predicted octanol–water partition coefficient (Wildman–Crippen LogP) is 14.7. The highest BCUT2D eigenvalue weighted by Gasteiger charge is 2.51. The minimum Gasteiger partial charge on any atom is -0.462 e. The van der Waals surface area contributed by atoms with E-state index in [0.717, 1.165) is 44.9 Å². The number of aliphatic hydroxyl groups is 5. The molecule has 1 aliphatic carbocycles. The fourth-order valence-electron chi connectivity index (χ4n) is 9.66. The highest BCUT2D eigenvalue weighted by molar-refractivity contribution is 7.47. The van der Waals surface area contributed by atoms with Crippen LogP contribution >= 0.6 is 7.82 Å². The quantitative estimate of drug-likeness (QED) is 0.0145. The first-order valence-electron chi connectivity index (χ1n) is 30.6. The molecule has 14 heteroatoms. The van der Waals surface area contributed by atoms with Crippen LogP contribution in [0.1, 0.15) is 290 Å². The molecule has 1 fully saturated rings. The molecule has 0 heterocycles. The maximum absolute atomic E-state index is 12.9. The van der Waals surface area contributed by atoms with Crippen LogP contribution in [0.5, 0.6) is 0 Å². The summed E-state index contributed by atoms with van der Waals surface area (Å²) in [7, 11) is -5.13. The number of phosphoric ester groups is 1. The Bertz CT molecular complexity index is 1380. The summed E-state index contributed by atoms with van der Waals surface area (Å²) in [6.07, 6.45) is 46.7. The molecule has 0 radical (unpaired) electrons. The van der Waals surface area contributed by atoms with Crippen LogP contribution in [-0.2, 0) is 32.7 Å². The molecule has 0 spiro atoms. The van der Waals surface area contributed by atoms with E-state index in [-0.39, 0.29) is 12.8 Å². The van der Waals surface area contributed by atoms with Crippen molar-refractivity contribution in [1.82, 2.24) is 0 Å². The Morgan fingerprint density at radius 2 is 0.716 bits per heavy atom. The molecular weight excluding hydrogens is 960 g/mol. The molecule has 6 N–H and O–H groups in total. The fourth-order valence-corrected chi connectivity index (χ4v) is 10.6. The lowest BCUT2D eigenvalue weighted by molar-refractivity contribution is -0.220. The van der Waals surface area contributed by atoms with Crippen LogP contribution in [0.4, 0.5) is 0 Å². The van der Waals surface area contributed by atoms with E-state index in [9.17, 15) is 44.6 Å². The first-order valence-corrected chi connectivity index (χ1v) is 32.1. The second-order valence-corrected chi connectivity index (χ2v) is 23.0. The largest absolute Gasteiger partial charge is 0.472 e. The van der Waals surface area contributed by atoms with Gasteiger partial charge in [-0.2, -0.15) is 0 Å². The van der Waals surface area contributed by atoms with Crippen molar-refractivity contribution in [3.05, 3.63) is 24.3 Å². The number of unbranched alkanes of at least 4 members (excludes halogenated alkanes) is 37. The summed E-state index contributed by atoms with van der Waals surface area (Å²) in [6.45, 7) is 3.34. The lowest BCUT2D eigenvalue weighted by Gasteiger charge is -2.41. The van der Waals surface area contributed by atoms with Gasteiger partial charge in [0.2, 0.25) is 0 Å². The summed E-state index contributed by atoms with van der Waals surface area (Å²) in [6, 6.07) is 0. The van der Waals surface area contributed by atoms with Crippen molar-refractivity contribution in [1.29, 1.82) is 0 Å². The summed E-state index contributed by atoms with van der Waals surface area (Å²) in [5.41, 5.74) is 0. The van der Waals surface area contributed by atoms with Gasteiger partial charge in [0, 0.05) is 12.8 Å². The van der Waals surface area contributed by atoms with Crippen molar-refractivity contribution in [2.24, 2.45) is 0 Å². The average Bonchev–Trinajstić information content (AvgIpc) is 3.38. The molecule has 1 saturated carbocycles. The van der Waals surface area contributed by atoms with Crippen molar-refractivity contribution in [2.75, 3.05) is 13.2 Å². The third-order valence-corrected chi connectivity index (χ3v) is 15.5. The molecule has 0 aromatic heterocycles. The summed E-state index contributed by atoms with van der Waals surface area (Å²) in [5.74, 6) is -1.13. The van der Waals surface area contributed by atoms with Crippen LogP contribution in [0.15, 0.2) is 24.3 Å². The molecule has 8 atom stereocenters. The van der Waals surface area contributed by atoms with E-state index in [1.165, 1.54) is 199 Å². The van der Waals surface area contributed by atoms with E-state index in [4.69, 9.17) is 18.5 Å². The molecule has 6 unspecified atom stereocenters. The second kappa shape index (κ2) is 49.6. The molecule has 0 bridgehead atoms. The van der Waals surface area contributed by atoms with Gasteiger partial charge >= 0.3 is 19.8 Å². The third kappa shape index (κ3) is 40.5. The van der Waals surface area contributed by atoms with Crippen LogP contribution in [0, 0.1) is 0 Å². The normalized spacial score (nSPS) is 20.4. The minimum atomic E-state index is -5.13. The Hall–Kier alpha value is -1.67. The van der Waals surface area contributed by atoms with Crippen molar-refractivity contribution >= 4 is 19.8 Å². The van der Waals surface area contributed by atoms with Gasteiger partial charge in [-0.15, -0.1) is 0 Å². The zero-order valence-electron chi connectivity index (χ0n) is 47.2. The Balaban J connectivity index is 2.32. The van der Waals surface area contributed by atoms with Crippen molar-refractivity contribution in [3.8, 4) is 0 Å². The van der Waals surface area contributed by atoms with E-state index in [0.29, 0.717) is 19.3 Å². The van der Waals surface area contributed by atoms with E-state index in [1.54, 1.807) is 0 Å². The maximum Gasteiger partial charge on any atom is 0.472 e. The molecule has 0 aromatic carbocycles. The number of allylic oxidation sites excluding steroid dienone is 4. The molecule has 1 aliphatic rings. The molecule has 0 aromatic rings. The van der Waals surface area contributed by atoms with Crippen LogP contribution in [0.25, 0.3) is 0 Å². The predicted molar refractivity (Wildman–Crippen MR) is 300 cm³/mol. The number of carbonyl (C=O) groups is 2. The lowest BCUT2D eigenvalue weighted by Crippen LogP contribution is -2.64. The van der Waals surface area contributed by atoms with Gasteiger partial charge in [0.15, 0.2) is 6.10 Å². The molecule has 74 heavy (non-hydrogen) atoms. The highest BCUT2D eigenvalue weighted by Crippen LogP contribution is 2.47. The maximum atomic E-state index is 12.9. The zero-order chi connectivity index (χ0) is 54.2. The number of rotatable bonds is 53. The number of hydrogen-bond acceptors (Lipinski definition) is 12. The Morgan fingerprint density at radius 1 is 0.405 bits per heavy atom. The number of hydrogen-bond donors (Lipinski definition) is 6. The van der Waals surface area contributed by atoms with Crippen molar-refractivity contribution in [2.45, 2.75) is 333 Å². The standard InChI is InChI=1S/C60H113O13P/c1-3-5-7-9-11-13-15-17-19-21-23-25-27-29-30-32-34-36-38-40-42-44-46-48-53(61)70-50-52(51-71-74(68,69)73-60-58(66)56(64)55(63)57(65)59(60)67)72-54(62)49-47-45-43-41-39-37-35-33-31-28-26-24-22-20-18-16-14-12-10-8-6-4-2/h32,34,40,42,52,55-60,63-67H,3-31,33,35-39,41,43-51H2,1-2H3,(H,68,69)/b34-32+,42-40+/t52-,55?,56-,57?,58?,59?,60?/m0/s1. The molecule has 1 rings (SSSR count). The van der Waals surface area contributed by atoms with E-state index in [1.807, 2.05) is 6.08 Å². The molecule has 13 nitrogen and oxygen atoms in total. The summed E-state index contributed by atoms with van der Waals surface area (Å²) in [4.78, 5) is 36.0. The van der Waals surface area contributed by atoms with Crippen LogP contribution in [-0.4, -0.2) is 98.3 Å². The summed E-state index contributed by atoms with van der Waals surface area (Å²) >= 11 is 0. The molecule has 0 saturated heterocycles. The van der Waals surface area contributed by atoms with E-state index in [2.05, 4.69) is 32.1 Å². The SMILES string of the molecule is CCCCCCCCCCCCCCCC/C=C/CC/C=C/CCCC(=O)OC[C@@H](COP(=O)(O)OC1C(O)C(O)C(O)[C@H](O)C1O)OC(=O)CCCCCCCCCCCCCCCCCCCCCCCC. The van der Waals surface area contributed by atoms with Gasteiger partial charge in [-0.05, 0) is 44.9 Å². The van der Waals surface area contributed by atoms with Crippen LogP contribution < -0.4 is 0 Å². The number of aliphatic hydroxyl groups excluding tert-OH is 5. The van der Waals surface area contributed by atoms with Gasteiger partial charge in [0.05, 0.1) is 6.61 Å². The Kier molecular flexibility index (Phi) is 47.2. The molecule has 0 aliphatic heterocycles. The topological polar surface area (TPSA) is 210 Å². The monoisotopic (exact) mass is 1070 g/mol. The molecule has 0 amide bonds. The molecular formula is C60H113O13P. The van der Waals surface area contributed by atoms with Gasteiger partial charge in [-0.25, -0.2) is 4.57 Å². The third-order valence-electron chi connectivity index (χ3n) is 14.5. The molecule has 436 valence electrons. The summed E-state index contributed by atoms with van der Waals surface area (Å²) in [5, 5.41) is 50.4. The average molecular weight is 1070 g/mol. The lowest BCUT2D eigenvalue weighted by atomic mass is 9.85. The van der Waals surface area contributed by atoms with Gasteiger partial charge in [0.1, 0.15) is 43.2 Å². The van der Waals surface area contributed by atoms with Gasteiger partial charge in [-0.3, -0.25) is 18.6 Å². The zero-order valence-corrected chi connectivity index (χ0v) is 48.1. The van der Waals surface area contributed by atoms with Gasteiger partial charge in [-0.1, -0.05) is 256 Å². The Labute approximate surface area is 451 Å². The van der Waals surface area contributed by atoms with Crippen LogP contribution in [0.2, 0.25) is 0 Å². The number of esters is 2. The first kappa shape index (κ1) is 70.3. The van der Waals surface area contributed by atoms with Crippen molar-refractivity contribution in [3.63, 3.8) is 0 Å². The van der Waals surface area contributed by atoms with Gasteiger partial charge in [0.25, 0.3) is 0 Å². The highest BCUT2D eigenvalue weighted by atomic mass is 31.2. The van der Waals surface area contributed by atoms with E-state index >= 15 is 0 Å². The Morgan fingerprint density at radius 3 is 1.11 bits per heavy atom. The second-order valence-electron chi connectivity index (χ2n) is 21.6. The minimum absolute atomic E-state index is 0.0943.